The van der Waals surface area contributed by atoms with Gasteiger partial charge in [-0.05, 0) is 57.7 Å². The van der Waals surface area contributed by atoms with Crippen LogP contribution in [0.1, 0.15) is 58.1 Å². The summed E-state index contributed by atoms with van der Waals surface area (Å²) in [5.41, 5.74) is 2.31. The molecule has 0 aliphatic carbocycles. The maximum absolute atomic E-state index is 12.4. The molecular formula is C22H32ClN3O2. The van der Waals surface area contributed by atoms with E-state index in [4.69, 9.17) is 16.3 Å². The molecule has 1 heterocycles. The number of benzene rings is 1. The maximum atomic E-state index is 12.4. The Morgan fingerprint density at radius 3 is 2.64 bits per heavy atom. The molecule has 1 N–H and O–H groups in total. The zero-order valence-electron chi connectivity index (χ0n) is 17.6. The molecule has 28 heavy (non-hydrogen) atoms. The Bertz CT molecular complexity index is 841. The van der Waals surface area contributed by atoms with Crippen LogP contribution >= 0.6 is 11.6 Å². The van der Waals surface area contributed by atoms with Gasteiger partial charge in [0.1, 0.15) is 17.4 Å². The predicted molar refractivity (Wildman–Crippen MR) is 117 cm³/mol. The number of ether oxygens (including phenoxy) is 1. The van der Waals surface area contributed by atoms with Gasteiger partial charge in [-0.2, -0.15) is 5.10 Å². The van der Waals surface area contributed by atoms with E-state index in [1.54, 1.807) is 6.20 Å². The summed E-state index contributed by atoms with van der Waals surface area (Å²) in [6.07, 6.45) is 6.43. The number of aromatic nitrogens is 2. The van der Waals surface area contributed by atoms with E-state index in [2.05, 4.69) is 36.4 Å². The SMILES string of the molecule is CCCCCc1ccc(OCCNc2cnn(C(C)(C)C)c(=O)c2Cl)c(C)c1. The van der Waals surface area contributed by atoms with E-state index in [0.29, 0.717) is 18.8 Å². The molecule has 0 aliphatic heterocycles. The smallest absolute Gasteiger partial charge is 0.288 e. The number of aryl methyl sites for hydroxylation is 2. The minimum Gasteiger partial charge on any atom is -0.491 e. The fourth-order valence-electron chi connectivity index (χ4n) is 2.99. The van der Waals surface area contributed by atoms with Gasteiger partial charge in [-0.3, -0.25) is 4.79 Å². The van der Waals surface area contributed by atoms with E-state index in [1.165, 1.54) is 29.5 Å². The first kappa shape index (κ1) is 22.3. The average molecular weight is 406 g/mol. The lowest BCUT2D eigenvalue weighted by Gasteiger charge is -2.21. The van der Waals surface area contributed by atoms with E-state index in [9.17, 15) is 4.79 Å². The predicted octanol–water partition coefficient (Wildman–Crippen LogP) is 5.18. The van der Waals surface area contributed by atoms with Gasteiger partial charge in [-0.25, -0.2) is 4.68 Å². The monoisotopic (exact) mass is 405 g/mol. The molecular weight excluding hydrogens is 374 g/mol. The summed E-state index contributed by atoms with van der Waals surface area (Å²) in [6, 6.07) is 6.37. The minimum absolute atomic E-state index is 0.150. The lowest BCUT2D eigenvalue weighted by molar-refractivity contribution is 0.329. The zero-order valence-corrected chi connectivity index (χ0v) is 18.4. The summed E-state index contributed by atoms with van der Waals surface area (Å²) in [4.78, 5) is 12.4. The number of hydrogen-bond donors (Lipinski definition) is 1. The number of nitrogens with one attached hydrogen (secondary N) is 1. The molecule has 1 aromatic carbocycles. The molecule has 0 bridgehead atoms. The van der Waals surface area contributed by atoms with E-state index < -0.39 is 5.54 Å². The molecule has 0 spiro atoms. The number of hydrogen-bond acceptors (Lipinski definition) is 4. The third-order valence-corrected chi connectivity index (χ3v) is 4.90. The molecule has 5 nitrogen and oxygen atoms in total. The molecule has 1 aromatic heterocycles. The molecule has 0 atom stereocenters. The largest absolute Gasteiger partial charge is 0.491 e. The van der Waals surface area contributed by atoms with Gasteiger partial charge < -0.3 is 10.1 Å². The Morgan fingerprint density at radius 2 is 2.00 bits per heavy atom. The molecule has 0 saturated heterocycles. The topological polar surface area (TPSA) is 56.1 Å². The van der Waals surface area contributed by atoms with Crippen molar-refractivity contribution in [1.29, 1.82) is 0 Å². The first-order valence-electron chi connectivity index (χ1n) is 9.98. The first-order chi connectivity index (χ1) is 13.2. The van der Waals surface area contributed by atoms with Crippen LogP contribution in [0.15, 0.2) is 29.2 Å². The van der Waals surface area contributed by atoms with Crippen molar-refractivity contribution in [2.75, 3.05) is 18.5 Å². The molecule has 0 saturated carbocycles. The van der Waals surface area contributed by atoms with E-state index >= 15 is 0 Å². The van der Waals surface area contributed by atoms with Crippen molar-refractivity contribution < 1.29 is 4.74 Å². The summed E-state index contributed by atoms with van der Waals surface area (Å²) in [6.45, 7) is 11.0. The molecule has 2 aromatic rings. The van der Waals surface area contributed by atoms with Crippen LogP contribution in [-0.4, -0.2) is 22.9 Å². The molecule has 0 aliphatic rings. The van der Waals surface area contributed by atoms with Crippen molar-refractivity contribution in [3.05, 3.63) is 50.9 Å². The Morgan fingerprint density at radius 1 is 1.25 bits per heavy atom. The van der Waals surface area contributed by atoms with Crippen LogP contribution in [0.25, 0.3) is 0 Å². The van der Waals surface area contributed by atoms with Crippen LogP contribution in [0.3, 0.4) is 0 Å². The lowest BCUT2D eigenvalue weighted by atomic mass is 10.0. The van der Waals surface area contributed by atoms with Gasteiger partial charge in [-0.1, -0.05) is 43.5 Å². The van der Waals surface area contributed by atoms with Gasteiger partial charge >= 0.3 is 0 Å². The van der Waals surface area contributed by atoms with Gasteiger partial charge in [0.15, 0.2) is 0 Å². The van der Waals surface area contributed by atoms with Crippen LogP contribution < -0.4 is 15.6 Å². The van der Waals surface area contributed by atoms with Crippen LogP contribution in [0.2, 0.25) is 5.02 Å². The summed E-state index contributed by atoms with van der Waals surface area (Å²) < 4.78 is 7.27. The van der Waals surface area contributed by atoms with Crippen molar-refractivity contribution in [2.24, 2.45) is 0 Å². The van der Waals surface area contributed by atoms with Gasteiger partial charge in [-0.15, -0.1) is 0 Å². The molecule has 6 heteroatoms. The highest BCUT2D eigenvalue weighted by molar-refractivity contribution is 6.32. The van der Waals surface area contributed by atoms with Crippen LogP contribution in [0.4, 0.5) is 5.69 Å². The van der Waals surface area contributed by atoms with Gasteiger partial charge in [0.25, 0.3) is 5.56 Å². The second kappa shape index (κ2) is 9.97. The molecule has 0 unspecified atom stereocenters. The van der Waals surface area contributed by atoms with Crippen molar-refractivity contribution in [3.8, 4) is 5.75 Å². The summed E-state index contributed by atoms with van der Waals surface area (Å²) in [5, 5.41) is 7.50. The standard InChI is InChI=1S/C22H32ClN3O2/c1-6-7-8-9-17-10-11-19(16(2)14-17)28-13-12-24-18-15-25-26(22(3,4)5)21(27)20(18)23/h10-11,14-15,24H,6-9,12-13H2,1-5H3. The molecule has 0 amide bonds. The minimum atomic E-state index is -0.414. The Labute approximate surface area is 173 Å². The quantitative estimate of drug-likeness (QED) is 0.583. The third kappa shape index (κ3) is 5.99. The van der Waals surface area contributed by atoms with Crippen molar-refractivity contribution in [1.82, 2.24) is 9.78 Å². The number of unbranched alkanes of at least 4 members (excludes halogenated alkanes) is 2. The van der Waals surface area contributed by atoms with Crippen molar-refractivity contribution >= 4 is 17.3 Å². The van der Waals surface area contributed by atoms with Crippen LogP contribution in [0.5, 0.6) is 5.75 Å². The van der Waals surface area contributed by atoms with E-state index in [0.717, 1.165) is 17.7 Å². The highest BCUT2D eigenvalue weighted by atomic mass is 35.5. The normalized spacial score (nSPS) is 11.5. The van der Waals surface area contributed by atoms with Gasteiger partial charge in [0, 0.05) is 6.54 Å². The summed E-state index contributed by atoms with van der Waals surface area (Å²) in [5.74, 6) is 0.883. The zero-order chi connectivity index (χ0) is 20.7. The highest BCUT2D eigenvalue weighted by Gasteiger charge is 2.19. The lowest BCUT2D eigenvalue weighted by Crippen LogP contribution is -2.36. The summed E-state index contributed by atoms with van der Waals surface area (Å²) >= 11 is 6.22. The fourth-order valence-corrected chi connectivity index (χ4v) is 3.18. The van der Waals surface area contributed by atoms with Crippen LogP contribution in [0, 0.1) is 6.92 Å². The third-order valence-electron chi connectivity index (χ3n) is 4.54. The van der Waals surface area contributed by atoms with E-state index in [-0.39, 0.29) is 10.6 Å². The second-order valence-electron chi connectivity index (χ2n) is 8.09. The van der Waals surface area contributed by atoms with Crippen molar-refractivity contribution in [3.63, 3.8) is 0 Å². The molecule has 0 radical (unpaired) electrons. The summed E-state index contributed by atoms with van der Waals surface area (Å²) in [7, 11) is 0. The first-order valence-corrected chi connectivity index (χ1v) is 10.4. The Kier molecular flexibility index (Phi) is 7.93. The number of anilines is 1. The number of rotatable bonds is 9. The molecule has 2 rings (SSSR count). The number of nitrogens with zero attached hydrogens (tertiary/aromatic N) is 2. The Hall–Kier alpha value is -2.01. The van der Waals surface area contributed by atoms with Crippen LogP contribution in [-0.2, 0) is 12.0 Å². The van der Waals surface area contributed by atoms with E-state index in [1.807, 2.05) is 26.8 Å². The van der Waals surface area contributed by atoms with Gasteiger partial charge in [0.2, 0.25) is 0 Å². The number of halogens is 1. The Balaban J connectivity index is 1.89. The average Bonchev–Trinajstić information content (AvgIpc) is 2.62. The van der Waals surface area contributed by atoms with Crippen molar-refractivity contribution in [2.45, 2.75) is 65.8 Å². The fraction of sp³-hybridized carbons (Fsp3) is 0.545. The maximum Gasteiger partial charge on any atom is 0.288 e. The second-order valence-corrected chi connectivity index (χ2v) is 8.47. The molecule has 154 valence electrons. The molecule has 0 fully saturated rings. The van der Waals surface area contributed by atoms with Gasteiger partial charge in [0.05, 0.1) is 17.4 Å². The highest BCUT2D eigenvalue weighted by Crippen LogP contribution is 2.21.